The van der Waals surface area contributed by atoms with E-state index in [-0.39, 0.29) is 0 Å². The molecule has 1 N–H and O–H groups in total. The Hall–Kier alpha value is -0.720. The minimum atomic E-state index is -3.28. The minimum Gasteiger partial charge on any atom is -0.271 e. The van der Waals surface area contributed by atoms with Crippen LogP contribution in [0.2, 0.25) is 0 Å². The fourth-order valence-electron chi connectivity index (χ4n) is 1.15. The third-order valence-electron chi connectivity index (χ3n) is 2.08. The molecule has 0 bridgehead atoms. The monoisotopic (exact) mass is 244 g/mol. The van der Waals surface area contributed by atoms with Crippen LogP contribution >= 0.6 is 11.8 Å². The third-order valence-corrected chi connectivity index (χ3v) is 4.37. The van der Waals surface area contributed by atoms with Crippen LogP contribution in [0, 0.1) is 0 Å². The van der Waals surface area contributed by atoms with Gasteiger partial charge in [-0.25, -0.2) is 0 Å². The van der Waals surface area contributed by atoms with Crippen LogP contribution in [0.25, 0.3) is 0 Å². The summed E-state index contributed by atoms with van der Waals surface area (Å²) in [5.74, 6) is 0. The van der Waals surface area contributed by atoms with Gasteiger partial charge in [0.25, 0.3) is 0 Å². The van der Waals surface area contributed by atoms with Crippen LogP contribution in [0.15, 0.2) is 29.2 Å². The molecule has 2 rings (SSSR count). The summed E-state index contributed by atoms with van der Waals surface area (Å²) in [6.07, 6.45) is 1.98. The first-order valence-corrected chi connectivity index (χ1v) is 7.20. The molecule has 6 heteroatoms. The van der Waals surface area contributed by atoms with E-state index in [4.69, 9.17) is 0 Å². The number of hydrogen-bond acceptors (Lipinski definition) is 3. The standard InChI is InChI=1S/C9H12N2O2S2/c1-14-9-4-2-8(3-5-9)10-15(12,13)11-6-7-11/h2-5,10H,6-7H2,1H3. The predicted molar refractivity (Wildman–Crippen MR) is 62.3 cm³/mol. The Morgan fingerprint density at radius 2 is 1.87 bits per heavy atom. The van der Waals surface area contributed by atoms with Crippen molar-refractivity contribution < 1.29 is 8.42 Å². The second-order valence-electron chi connectivity index (χ2n) is 3.23. The number of hydrogen-bond donors (Lipinski definition) is 1. The largest absolute Gasteiger partial charge is 0.301 e. The van der Waals surface area contributed by atoms with Gasteiger partial charge >= 0.3 is 10.2 Å². The van der Waals surface area contributed by atoms with E-state index in [0.29, 0.717) is 18.8 Å². The number of anilines is 1. The zero-order valence-corrected chi connectivity index (χ0v) is 9.94. The molecule has 1 heterocycles. The van der Waals surface area contributed by atoms with E-state index in [2.05, 4.69) is 4.72 Å². The zero-order chi connectivity index (χ0) is 10.9. The lowest BCUT2D eigenvalue weighted by Crippen LogP contribution is -2.20. The van der Waals surface area contributed by atoms with E-state index in [0.717, 1.165) is 4.90 Å². The summed E-state index contributed by atoms with van der Waals surface area (Å²) in [5, 5.41) is 0. The number of benzene rings is 1. The molecule has 1 aromatic rings. The predicted octanol–water partition coefficient (Wildman–Crippen LogP) is 1.38. The Morgan fingerprint density at radius 1 is 1.27 bits per heavy atom. The van der Waals surface area contributed by atoms with Gasteiger partial charge in [-0.1, -0.05) is 0 Å². The van der Waals surface area contributed by atoms with Gasteiger partial charge in [-0.05, 0) is 30.5 Å². The molecule has 0 atom stereocenters. The number of nitrogens with one attached hydrogen (secondary N) is 1. The Bertz CT molecular complexity index is 438. The van der Waals surface area contributed by atoms with Gasteiger partial charge in [0.2, 0.25) is 0 Å². The van der Waals surface area contributed by atoms with E-state index in [1.165, 1.54) is 4.31 Å². The average Bonchev–Trinajstić information content (AvgIpc) is 3.01. The fraction of sp³-hybridized carbons (Fsp3) is 0.333. The van der Waals surface area contributed by atoms with Crippen molar-refractivity contribution in [2.24, 2.45) is 0 Å². The van der Waals surface area contributed by atoms with Crippen molar-refractivity contribution in [2.45, 2.75) is 4.90 Å². The van der Waals surface area contributed by atoms with Gasteiger partial charge in [-0.3, -0.25) is 4.72 Å². The number of nitrogens with zero attached hydrogens (tertiary/aromatic N) is 1. The van der Waals surface area contributed by atoms with Crippen LogP contribution in [-0.2, 0) is 10.2 Å². The smallest absolute Gasteiger partial charge is 0.271 e. The van der Waals surface area contributed by atoms with Crippen molar-refractivity contribution in [2.75, 3.05) is 24.1 Å². The second kappa shape index (κ2) is 4.03. The van der Waals surface area contributed by atoms with Crippen LogP contribution in [-0.4, -0.2) is 32.1 Å². The van der Waals surface area contributed by atoms with E-state index in [1.807, 2.05) is 18.4 Å². The van der Waals surface area contributed by atoms with Crippen LogP contribution in [0.3, 0.4) is 0 Å². The fourth-order valence-corrected chi connectivity index (χ4v) is 2.69. The van der Waals surface area contributed by atoms with Crippen molar-refractivity contribution >= 4 is 27.7 Å². The van der Waals surface area contributed by atoms with Gasteiger partial charge in [-0.2, -0.15) is 12.7 Å². The van der Waals surface area contributed by atoms with Crippen molar-refractivity contribution in [3.63, 3.8) is 0 Å². The molecular formula is C9H12N2O2S2. The Morgan fingerprint density at radius 3 is 2.33 bits per heavy atom. The Balaban J connectivity index is 2.10. The average molecular weight is 244 g/mol. The topological polar surface area (TPSA) is 49.2 Å². The first kappa shape index (κ1) is 10.8. The van der Waals surface area contributed by atoms with Crippen LogP contribution in [0.4, 0.5) is 5.69 Å². The zero-order valence-electron chi connectivity index (χ0n) is 8.30. The van der Waals surface area contributed by atoms with Gasteiger partial charge < -0.3 is 0 Å². The van der Waals surface area contributed by atoms with Crippen LogP contribution in [0.5, 0.6) is 0 Å². The highest BCUT2D eigenvalue weighted by atomic mass is 32.2. The SMILES string of the molecule is CSc1ccc(NS(=O)(=O)N2CC2)cc1. The molecule has 0 spiro atoms. The van der Waals surface area contributed by atoms with E-state index in [1.54, 1.807) is 23.9 Å². The normalized spacial score (nSPS) is 16.3. The van der Waals surface area contributed by atoms with Gasteiger partial charge in [0.15, 0.2) is 0 Å². The highest BCUT2D eigenvalue weighted by Gasteiger charge is 2.31. The molecule has 1 aliphatic rings. The highest BCUT2D eigenvalue weighted by Crippen LogP contribution is 2.20. The molecule has 15 heavy (non-hydrogen) atoms. The van der Waals surface area contributed by atoms with Gasteiger partial charge in [0.1, 0.15) is 0 Å². The van der Waals surface area contributed by atoms with Crippen LogP contribution < -0.4 is 4.72 Å². The van der Waals surface area contributed by atoms with Crippen molar-refractivity contribution in [3.05, 3.63) is 24.3 Å². The molecule has 4 nitrogen and oxygen atoms in total. The first-order valence-electron chi connectivity index (χ1n) is 4.54. The molecule has 1 saturated heterocycles. The van der Waals surface area contributed by atoms with Crippen molar-refractivity contribution in [1.82, 2.24) is 4.31 Å². The molecule has 0 unspecified atom stereocenters. The maximum Gasteiger partial charge on any atom is 0.301 e. The summed E-state index contributed by atoms with van der Waals surface area (Å²) < 4.78 is 27.0. The van der Waals surface area contributed by atoms with Crippen molar-refractivity contribution in [1.29, 1.82) is 0 Å². The first-order chi connectivity index (χ1) is 7.12. The molecule has 82 valence electrons. The summed E-state index contributed by atoms with van der Waals surface area (Å²) >= 11 is 1.63. The number of rotatable bonds is 4. The maximum absolute atomic E-state index is 11.5. The Labute approximate surface area is 93.8 Å². The van der Waals surface area contributed by atoms with E-state index in [9.17, 15) is 8.42 Å². The molecule has 0 saturated carbocycles. The molecule has 1 aromatic carbocycles. The minimum absolute atomic E-state index is 0.611. The molecule has 1 fully saturated rings. The van der Waals surface area contributed by atoms with Gasteiger partial charge in [0, 0.05) is 23.7 Å². The maximum atomic E-state index is 11.5. The summed E-state index contributed by atoms with van der Waals surface area (Å²) in [6.45, 7) is 1.25. The molecule has 0 radical (unpaired) electrons. The summed E-state index contributed by atoms with van der Waals surface area (Å²) in [6, 6.07) is 7.33. The second-order valence-corrected chi connectivity index (χ2v) is 5.78. The molecular weight excluding hydrogens is 232 g/mol. The quantitative estimate of drug-likeness (QED) is 0.643. The summed E-state index contributed by atoms with van der Waals surface area (Å²) in [5.41, 5.74) is 0.611. The van der Waals surface area contributed by atoms with E-state index >= 15 is 0 Å². The molecule has 1 aliphatic heterocycles. The Kier molecular flexibility index (Phi) is 2.90. The van der Waals surface area contributed by atoms with Crippen molar-refractivity contribution in [3.8, 4) is 0 Å². The lowest BCUT2D eigenvalue weighted by molar-refractivity contribution is 0.569. The summed E-state index contributed by atoms with van der Waals surface area (Å²) in [4.78, 5) is 1.12. The van der Waals surface area contributed by atoms with E-state index < -0.39 is 10.2 Å². The molecule has 0 amide bonds. The molecule has 0 aromatic heterocycles. The lowest BCUT2D eigenvalue weighted by atomic mass is 10.3. The lowest BCUT2D eigenvalue weighted by Gasteiger charge is -2.07. The third kappa shape index (κ3) is 2.64. The molecule has 0 aliphatic carbocycles. The van der Waals surface area contributed by atoms with Crippen LogP contribution in [0.1, 0.15) is 0 Å². The highest BCUT2D eigenvalue weighted by molar-refractivity contribution is 7.98. The number of thioether (sulfide) groups is 1. The van der Waals surface area contributed by atoms with Gasteiger partial charge in [0.05, 0.1) is 0 Å². The summed E-state index contributed by atoms with van der Waals surface area (Å²) in [7, 11) is -3.28. The van der Waals surface area contributed by atoms with Gasteiger partial charge in [-0.15, -0.1) is 11.8 Å².